The first-order valence-corrected chi connectivity index (χ1v) is 10.7. The summed E-state index contributed by atoms with van der Waals surface area (Å²) in [5, 5.41) is 0.939. The molecule has 2 heterocycles. The molecular formula is C25H30N2O4. The first-order chi connectivity index (χ1) is 14.9. The van der Waals surface area contributed by atoms with Crippen LogP contribution in [0.15, 0.2) is 30.3 Å². The highest BCUT2D eigenvalue weighted by Crippen LogP contribution is 2.39. The van der Waals surface area contributed by atoms with Gasteiger partial charge in [0.25, 0.3) is 5.91 Å². The van der Waals surface area contributed by atoms with Crippen molar-refractivity contribution in [2.45, 2.75) is 39.8 Å². The van der Waals surface area contributed by atoms with Gasteiger partial charge in [0.05, 0.1) is 32.9 Å². The number of aryl methyl sites for hydroxylation is 1. The number of benzene rings is 2. The third-order valence-electron chi connectivity index (χ3n) is 6.51. The van der Waals surface area contributed by atoms with E-state index in [4.69, 9.17) is 14.2 Å². The maximum atomic E-state index is 13.9. The molecule has 0 radical (unpaired) electrons. The van der Waals surface area contributed by atoms with Crippen LogP contribution in [0.4, 0.5) is 0 Å². The van der Waals surface area contributed by atoms with Gasteiger partial charge in [-0.1, -0.05) is 0 Å². The molecule has 1 aliphatic rings. The largest absolute Gasteiger partial charge is 0.497 e. The van der Waals surface area contributed by atoms with Crippen molar-refractivity contribution in [2.75, 3.05) is 27.9 Å². The van der Waals surface area contributed by atoms with Gasteiger partial charge in [-0.05, 0) is 68.7 Å². The molecule has 0 aliphatic carbocycles. The number of hydrogen-bond acceptors (Lipinski definition) is 4. The summed E-state index contributed by atoms with van der Waals surface area (Å²) in [5.74, 6) is 2.22. The molecular weight excluding hydrogens is 392 g/mol. The highest BCUT2D eigenvalue weighted by molar-refractivity contribution is 6.09. The van der Waals surface area contributed by atoms with Crippen molar-refractivity contribution < 1.29 is 19.0 Å². The van der Waals surface area contributed by atoms with E-state index in [1.165, 1.54) is 5.56 Å². The van der Waals surface area contributed by atoms with Crippen molar-refractivity contribution in [3.63, 3.8) is 0 Å². The monoisotopic (exact) mass is 422 g/mol. The standard InChI is InChI=1S/C25H30N2O4/c1-7-26-16(3)24(20-13-18(29-4)8-9-21(20)26)25(28)27-11-10-17-12-22(30-5)23(31-6)14-19(17)15(27)2/h8-9,12-15H,7,10-11H2,1-6H3. The molecule has 164 valence electrons. The van der Waals surface area contributed by atoms with Crippen molar-refractivity contribution in [3.8, 4) is 17.2 Å². The molecule has 1 amide bonds. The number of carbonyl (C=O) groups excluding carboxylic acids is 1. The number of ether oxygens (including phenoxy) is 3. The Bertz CT molecular complexity index is 1150. The molecule has 2 aromatic carbocycles. The topological polar surface area (TPSA) is 52.9 Å². The Morgan fingerprint density at radius 1 is 1.06 bits per heavy atom. The second-order valence-electron chi connectivity index (χ2n) is 7.92. The van der Waals surface area contributed by atoms with Crippen LogP contribution in [0.5, 0.6) is 17.2 Å². The maximum absolute atomic E-state index is 13.9. The summed E-state index contributed by atoms with van der Waals surface area (Å²) in [6.07, 6.45) is 0.778. The van der Waals surface area contributed by atoms with Gasteiger partial charge in [0.15, 0.2) is 11.5 Å². The predicted octanol–water partition coefficient (Wildman–Crippen LogP) is 4.75. The highest BCUT2D eigenvalue weighted by atomic mass is 16.5. The molecule has 0 saturated heterocycles. The molecule has 31 heavy (non-hydrogen) atoms. The van der Waals surface area contributed by atoms with Crippen LogP contribution in [0.3, 0.4) is 0 Å². The highest BCUT2D eigenvalue weighted by Gasteiger charge is 2.32. The molecule has 6 nitrogen and oxygen atoms in total. The smallest absolute Gasteiger partial charge is 0.256 e. The van der Waals surface area contributed by atoms with Crippen LogP contribution in [0.25, 0.3) is 10.9 Å². The zero-order chi connectivity index (χ0) is 22.3. The third-order valence-corrected chi connectivity index (χ3v) is 6.51. The minimum absolute atomic E-state index is 0.0517. The third kappa shape index (κ3) is 3.30. The van der Waals surface area contributed by atoms with E-state index in [0.717, 1.165) is 52.2 Å². The van der Waals surface area contributed by atoms with E-state index >= 15 is 0 Å². The van der Waals surface area contributed by atoms with Gasteiger partial charge in [-0.25, -0.2) is 0 Å². The van der Waals surface area contributed by atoms with E-state index in [1.807, 2.05) is 42.2 Å². The lowest BCUT2D eigenvalue weighted by Crippen LogP contribution is -2.39. The van der Waals surface area contributed by atoms with E-state index in [2.05, 4.69) is 18.4 Å². The zero-order valence-electron chi connectivity index (χ0n) is 19.1. The van der Waals surface area contributed by atoms with Gasteiger partial charge in [-0.15, -0.1) is 0 Å². The number of fused-ring (bicyclic) bond motifs is 2. The number of carbonyl (C=O) groups is 1. The lowest BCUT2D eigenvalue weighted by atomic mass is 9.92. The fraction of sp³-hybridized carbons (Fsp3) is 0.400. The Kier molecular flexibility index (Phi) is 5.56. The molecule has 1 aliphatic heterocycles. The van der Waals surface area contributed by atoms with Crippen molar-refractivity contribution in [1.82, 2.24) is 9.47 Å². The molecule has 0 N–H and O–H groups in total. The molecule has 0 spiro atoms. The molecule has 4 rings (SSSR count). The lowest BCUT2D eigenvalue weighted by Gasteiger charge is -2.36. The van der Waals surface area contributed by atoms with Gasteiger partial charge < -0.3 is 23.7 Å². The van der Waals surface area contributed by atoms with Crippen molar-refractivity contribution in [1.29, 1.82) is 0 Å². The lowest BCUT2D eigenvalue weighted by molar-refractivity contribution is 0.0678. The Morgan fingerprint density at radius 2 is 1.77 bits per heavy atom. The van der Waals surface area contributed by atoms with Gasteiger partial charge in [0, 0.05) is 29.7 Å². The van der Waals surface area contributed by atoms with E-state index < -0.39 is 0 Å². The van der Waals surface area contributed by atoms with Gasteiger partial charge in [-0.3, -0.25) is 4.79 Å². The summed E-state index contributed by atoms with van der Waals surface area (Å²) in [5.41, 5.74) is 5.10. The summed E-state index contributed by atoms with van der Waals surface area (Å²) in [6.45, 7) is 7.67. The fourth-order valence-electron chi connectivity index (χ4n) is 4.83. The molecule has 1 unspecified atom stereocenters. The first kappa shape index (κ1) is 21.1. The molecule has 3 aromatic rings. The number of aromatic nitrogens is 1. The predicted molar refractivity (Wildman–Crippen MR) is 122 cm³/mol. The number of methoxy groups -OCH3 is 3. The van der Waals surface area contributed by atoms with Crippen LogP contribution in [0.2, 0.25) is 0 Å². The van der Waals surface area contributed by atoms with Crippen LogP contribution in [0, 0.1) is 6.92 Å². The SMILES string of the molecule is CCn1c(C)c(C(=O)N2CCc3cc(OC)c(OC)cc3C2C)c2cc(OC)ccc21. The quantitative estimate of drug-likeness (QED) is 0.595. The zero-order valence-corrected chi connectivity index (χ0v) is 19.1. The molecule has 0 fully saturated rings. The molecule has 6 heteroatoms. The van der Waals surface area contributed by atoms with Crippen molar-refractivity contribution in [2.24, 2.45) is 0 Å². The van der Waals surface area contributed by atoms with Crippen molar-refractivity contribution in [3.05, 3.63) is 52.7 Å². The van der Waals surface area contributed by atoms with Crippen LogP contribution in [0.1, 0.15) is 47.1 Å². The summed E-state index contributed by atoms with van der Waals surface area (Å²) in [6, 6.07) is 9.92. The number of nitrogens with zero attached hydrogens (tertiary/aromatic N) is 2. The van der Waals surface area contributed by atoms with Gasteiger partial charge in [0.1, 0.15) is 5.75 Å². The van der Waals surface area contributed by atoms with E-state index in [-0.39, 0.29) is 11.9 Å². The van der Waals surface area contributed by atoms with Crippen molar-refractivity contribution >= 4 is 16.8 Å². The van der Waals surface area contributed by atoms with Crippen LogP contribution >= 0.6 is 0 Å². The minimum Gasteiger partial charge on any atom is -0.497 e. The average molecular weight is 423 g/mol. The van der Waals surface area contributed by atoms with E-state index in [0.29, 0.717) is 12.3 Å². The van der Waals surface area contributed by atoms with Gasteiger partial charge in [0.2, 0.25) is 0 Å². The minimum atomic E-state index is -0.0684. The van der Waals surface area contributed by atoms with Crippen LogP contribution in [-0.2, 0) is 13.0 Å². The second-order valence-corrected chi connectivity index (χ2v) is 7.92. The van der Waals surface area contributed by atoms with Gasteiger partial charge >= 0.3 is 0 Å². The molecule has 1 atom stereocenters. The fourth-order valence-corrected chi connectivity index (χ4v) is 4.83. The summed E-state index contributed by atoms with van der Waals surface area (Å²) in [4.78, 5) is 15.8. The first-order valence-electron chi connectivity index (χ1n) is 10.7. The maximum Gasteiger partial charge on any atom is 0.256 e. The molecule has 1 aromatic heterocycles. The number of amides is 1. The summed E-state index contributed by atoms with van der Waals surface area (Å²) >= 11 is 0. The average Bonchev–Trinajstić information content (AvgIpc) is 3.08. The second kappa shape index (κ2) is 8.17. The van der Waals surface area contributed by atoms with E-state index in [1.54, 1.807) is 21.3 Å². The van der Waals surface area contributed by atoms with Crippen LogP contribution < -0.4 is 14.2 Å². The summed E-state index contributed by atoms with van der Waals surface area (Å²) < 4.78 is 18.6. The molecule has 0 bridgehead atoms. The Morgan fingerprint density at radius 3 is 2.42 bits per heavy atom. The summed E-state index contributed by atoms with van der Waals surface area (Å²) in [7, 11) is 4.93. The van der Waals surface area contributed by atoms with Gasteiger partial charge in [-0.2, -0.15) is 0 Å². The van der Waals surface area contributed by atoms with Crippen LogP contribution in [-0.4, -0.2) is 43.2 Å². The normalized spacial score (nSPS) is 15.7. The molecule has 0 saturated carbocycles. The number of rotatable bonds is 5. The Labute approximate surface area is 183 Å². The Hall–Kier alpha value is -3.15. The number of hydrogen-bond donors (Lipinski definition) is 0. The Balaban J connectivity index is 1.79. The van der Waals surface area contributed by atoms with E-state index in [9.17, 15) is 4.79 Å².